The van der Waals surface area contributed by atoms with E-state index in [-0.39, 0.29) is 18.9 Å². The number of nitrogens with one attached hydrogen (secondary N) is 3. The summed E-state index contributed by atoms with van der Waals surface area (Å²) in [5, 5.41) is 17.2. The zero-order valence-corrected chi connectivity index (χ0v) is 12.5. The van der Waals surface area contributed by atoms with Crippen LogP contribution < -0.4 is 16.0 Å². The van der Waals surface area contributed by atoms with Crippen molar-refractivity contribution in [3.8, 4) is 0 Å². The summed E-state index contributed by atoms with van der Waals surface area (Å²) >= 11 is 0. The third-order valence-electron chi connectivity index (χ3n) is 3.73. The molecule has 0 aromatic carbocycles. The molecule has 0 spiro atoms. The van der Waals surface area contributed by atoms with E-state index in [1.54, 1.807) is 0 Å². The number of hydrogen-bond acceptors (Lipinski definition) is 3. The highest BCUT2D eigenvalue weighted by Crippen LogP contribution is 2.27. The molecule has 0 aliphatic heterocycles. The largest absolute Gasteiger partial charge is 0.480 e. The molecule has 0 aromatic heterocycles. The fourth-order valence-corrected chi connectivity index (χ4v) is 2.56. The molecule has 120 valence electrons. The van der Waals surface area contributed by atoms with E-state index >= 15 is 0 Å². The van der Waals surface area contributed by atoms with Crippen LogP contribution in [0, 0.1) is 0 Å². The van der Waals surface area contributed by atoms with Crippen LogP contribution in [-0.2, 0) is 9.59 Å². The van der Waals surface area contributed by atoms with Gasteiger partial charge in [-0.2, -0.15) is 0 Å². The van der Waals surface area contributed by atoms with Crippen molar-refractivity contribution in [3.63, 3.8) is 0 Å². The van der Waals surface area contributed by atoms with Crippen LogP contribution in [-0.4, -0.2) is 41.6 Å². The lowest BCUT2D eigenvalue weighted by Crippen LogP contribution is -2.57. The molecule has 1 aliphatic rings. The van der Waals surface area contributed by atoms with E-state index in [1.807, 2.05) is 6.92 Å². The Labute approximate surface area is 124 Å². The molecule has 1 fully saturated rings. The summed E-state index contributed by atoms with van der Waals surface area (Å²) in [5.74, 6) is -1.12. The van der Waals surface area contributed by atoms with Crippen molar-refractivity contribution in [3.05, 3.63) is 0 Å². The molecule has 0 heterocycles. The number of carbonyl (C=O) groups is 3. The molecule has 4 N–H and O–H groups in total. The van der Waals surface area contributed by atoms with Gasteiger partial charge in [-0.25, -0.2) is 9.59 Å². The Balaban J connectivity index is 2.45. The minimum absolute atomic E-state index is 0.139. The summed E-state index contributed by atoms with van der Waals surface area (Å²) in [6, 6.07) is -0.524. The molecule has 0 bridgehead atoms. The Bertz CT molecular complexity index is 376. The van der Waals surface area contributed by atoms with E-state index in [9.17, 15) is 19.5 Å². The molecule has 21 heavy (non-hydrogen) atoms. The first-order valence-electron chi connectivity index (χ1n) is 7.56. The molecule has 0 atom stereocenters. The molecule has 0 aromatic rings. The van der Waals surface area contributed by atoms with Crippen molar-refractivity contribution >= 4 is 17.9 Å². The molecule has 0 unspecified atom stereocenters. The summed E-state index contributed by atoms with van der Waals surface area (Å²) in [5.41, 5.74) is -1.17. The van der Waals surface area contributed by atoms with Gasteiger partial charge in [0.2, 0.25) is 5.91 Å². The first-order chi connectivity index (χ1) is 10.00. The van der Waals surface area contributed by atoms with Gasteiger partial charge in [-0.3, -0.25) is 4.79 Å². The third kappa shape index (κ3) is 5.61. The van der Waals surface area contributed by atoms with E-state index < -0.39 is 17.5 Å². The van der Waals surface area contributed by atoms with Crippen molar-refractivity contribution < 1.29 is 19.5 Å². The summed E-state index contributed by atoms with van der Waals surface area (Å²) < 4.78 is 0. The van der Waals surface area contributed by atoms with Crippen LogP contribution >= 0.6 is 0 Å². The molecule has 3 amide bonds. The zero-order valence-electron chi connectivity index (χ0n) is 12.5. The van der Waals surface area contributed by atoms with Crippen LogP contribution in [0.2, 0.25) is 0 Å². The van der Waals surface area contributed by atoms with E-state index in [4.69, 9.17) is 0 Å². The number of aliphatic carboxylic acids is 1. The topological polar surface area (TPSA) is 108 Å². The van der Waals surface area contributed by atoms with Crippen molar-refractivity contribution in [1.29, 1.82) is 0 Å². The number of hydrogen-bond donors (Lipinski definition) is 4. The van der Waals surface area contributed by atoms with Crippen LogP contribution in [0.15, 0.2) is 0 Å². The van der Waals surface area contributed by atoms with Crippen LogP contribution in [0.25, 0.3) is 0 Å². The standard InChI is InChI=1S/C14H25N3O4/c1-2-15-11(18)7-10-16-13(21)17-14(12(19)20)8-5-3-4-6-9-14/h2-10H2,1H3,(H,15,18)(H,19,20)(H2,16,17,21). The summed E-state index contributed by atoms with van der Waals surface area (Å²) in [6.45, 7) is 2.56. The van der Waals surface area contributed by atoms with Crippen LogP contribution in [0.1, 0.15) is 51.9 Å². The molecule has 7 nitrogen and oxygen atoms in total. The fourth-order valence-electron chi connectivity index (χ4n) is 2.56. The van der Waals surface area contributed by atoms with Crippen molar-refractivity contribution in [2.45, 2.75) is 57.4 Å². The molecule has 1 aliphatic carbocycles. The van der Waals surface area contributed by atoms with Gasteiger partial charge in [-0.05, 0) is 19.8 Å². The number of urea groups is 1. The average Bonchev–Trinajstić information content (AvgIpc) is 2.65. The molecule has 0 saturated heterocycles. The van der Waals surface area contributed by atoms with Crippen LogP contribution in [0.3, 0.4) is 0 Å². The van der Waals surface area contributed by atoms with E-state index in [0.717, 1.165) is 25.7 Å². The zero-order chi connectivity index (χ0) is 15.7. The van der Waals surface area contributed by atoms with Gasteiger partial charge in [0, 0.05) is 19.5 Å². The van der Waals surface area contributed by atoms with Gasteiger partial charge in [0.05, 0.1) is 0 Å². The molecular formula is C14H25N3O4. The maximum atomic E-state index is 11.9. The number of amides is 3. The van der Waals surface area contributed by atoms with Crippen LogP contribution in [0.5, 0.6) is 0 Å². The van der Waals surface area contributed by atoms with Crippen molar-refractivity contribution in [1.82, 2.24) is 16.0 Å². The summed E-state index contributed by atoms with van der Waals surface area (Å²) in [7, 11) is 0. The summed E-state index contributed by atoms with van der Waals surface area (Å²) in [4.78, 5) is 34.6. The predicted octanol–water partition coefficient (Wildman–Crippen LogP) is 0.989. The van der Waals surface area contributed by atoms with Gasteiger partial charge in [-0.15, -0.1) is 0 Å². The quantitative estimate of drug-likeness (QED) is 0.548. The van der Waals surface area contributed by atoms with Crippen molar-refractivity contribution in [2.75, 3.05) is 13.1 Å². The first kappa shape index (κ1) is 17.3. The molecule has 1 rings (SSSR count). The highest BCUT2D eigenvalue weighted by atomic mass is 16.4. The first-order valence-corrected chi connectivity index (χ1v) is 7.56. The lowest BCUT2D eigenvalue weighted by atomic mass is 9.90. The second-order valence-corrected chi connectivity index (χ2v) is 5.39. The Kier molecular flexibility index (Phi) is 6.98. The molecule has 0 radical (unpaired) electrons. The van der Waals surface area contributed by atoms with Gasteiger partial charge >= 0.3 is 12.0 Å². The molecular weight excluding hydrogens is 274 g/mol. The second kappa shape index (κ2) is 8.49. The van der Waals surface area contributed by atoms with Gasteiger partial charge in [-0.1, -0.05) is 25.7 Å². The van der Waals surface area contributed by atoms with Gasteiger partial charge in [0.25, 0.3) is 0 Å². The Morgan fingerprint density at radius 1 is 1.05 bits per heavy atom. The normalized spacial score (nSPS) is 17.4. The number of carboxylic acids is 1. The SMILES string of the molecule is CCNC(=O)CCNC(=O)NC1(C(=O)O)CCCCCC1. The minimum Gasteiger partial charge on any atom is -0.480 e. The van der Waals surface area contributed by atoms with Gasteiger partial charge < -0.3 is 21.1 Å². The number of carboxylic acid groups (broad SMARTS) is 1. The highest BCUT2D eigenvalue weighted by Gasteiger charge is 2.39. The summed E-state index contributed by atoms with van der Waals surface area (Å²) in [6.07, 6.45) is 4.67. The van der Waals surface area contributed by atoms with Gasteiger partial charge in [0.1, 0.15) is 5.54 Å². The van der Waals surface area contributed by atoms with Crippen LogP contribution in [0.4, 0.5) is 4.79 Å². The second-order valence-electron chi connectivity index (χ2n) is 5.39. The van der Waals surface area contributed by atoms with E-state index in [1.165, 1.54) is 0 Å². The Morgan fingerprint density at radius 3 is 2.19 bits per heavy atom. The lowest BCUT2D eigenvalue weighted by Gasteiger charge is -2.29. The molecule has 7 heteroatoms. The Hall–Kier alpha value is -1.79. The monoisotopic (exact) mass is 299 g/mol. The smallest absolute Gasteiger partial charge is 0.329 e. The Morgan fingerprint density at radius 2 is 1.67 bits per heavy atom. The van der Waals surface area contributed by atoms with Crippen molar-refractivity contribution in [2.24, 2.45) is 0 Å². The lowest BCUT2D eigenvalue weighted by molar-refractivity contribution is -0.145. The van der Waals surface area contributed by atoms with Gasteiger partial charge in [0.15, 0.2) is 0 Å². The maximum Gasteiger partial charge on any atom is 0.329 e. The predicted molar refractivity (Wildman–Crippen MR) is 77.9 cm³/mol. The average molecular weight is 299 g/mol. The number of rotatable bonds is 6. The molecule has 1 saturated carbocycles. The van der Waals surface area contributed by atoms with E-state index in [2.05, 4.69) is 16.0 Å². The highest BCUT2D eigenvalue weighted by molar-refractivity contribution is 5.86. The number of carbonyl (C=O) groups excluding carboxylic acids is 2. The third-order valence-corrected chi connectivity index (χ3v) is 3.73. The fraction of sp³-hybridized carbons (Fsp3) is 0.786. The minimum atomic E-state index is -1.17. The maximum absolute atomic E-state index is 11.9. The van der Waals surface area contributed by atoms with E-state index in [0.29, 0.717) is 19.4 Å².